The van der Waals surface area contributed by atoms with Gasteiger partial charge in [0, 0.05) is 21.4 Å². The highest BCUT2D eigenvalue weighted by Crippen LogP contribution is 2.33. The van der Waals surface area contributed by atoms with Crippen molar-refractivity contribution in [3.05, 3.63) is 101 Å². The molecule has 0 aliphatic rings. The number of hydrogen-bond acceptors (Lipinski definition) is 3. The van der Waals surface area contributed by atoms with Gasteiger partial charge in [-0.3, -0.25) is 9.59 Å². The Balaban J connectivity index is 1.53. The molecule has 138 valence electrons. The molecule has 0 atom stereocenters. The van der Waals surface area contributed by atoms with Gasteiger partial charge in [-0.25, -0.2) is 0 Å². The van der Waals surface area contributed by atoms with E-state index in [0.717, 1.165) is 20.9 Å². The second-order valence-corrected chi connectivity index (χ2v) is 7.41. The smallest absolute Gasteiger partial charge is 0.258 e. The molecular formula is C23H18N2O2S. The van der Waals surface area contributed by atoms with Crippen LogP contribution in [0, 0.1) is 0 Å². The van der Waals surface area contributed by atoms with Gasteiger partial charge in [-0.05, 0) is 41.8 Å². The van der Waals surface area contributed by atoms with E-state index < -0.39 is 0 Å². The summed E-state index contributed by atoms with van der Waals surface area (Å²) < 4.78 is 1.44. The molecule has 5 heteroatoms. The molecule has 0 aliphatic heterocycles. The van der Waals surface area contributed by atoms with Gasteiger partial charge in [0.05, 0.1) is 5.69 Å². The molecule has 4 aromatic rings. The molecule has 0 radical (unpaired) electrons. The Kier molecular flexibility index (Phi) is 5.26. The SMILES string of the molecule is O=C(Cn1ccc2ccccc2c1=O)Nc1ccccc1Sc1ccccc1. The highest BCUT2D eigenvalue weighted by atomic mass is 32.2. The Labute approximate surface area is 166 Å². The number of para-hydroxylation sites is 1. The molecule has 0 spiro atoms. The molecule has 28 heavy (non-hydrogen) atoms. The molecule has 0 unspecified atom stereocenters. The number of fused-ring (bicyclic) bond motifs is 1. The van der Waals surface area contributed by atoms with Crippen LogP contribution < -0.4 is 10.9 Å². The first-order chi connectivity index (χ1) is 13.7. The van der Waals surface area contributed by atoms with Gasteiger partial charge in [0.1, 0.15) is 6.54 Å². The molecule has 1 N–H and O–H groups in total. The predicted octanol–water partition coefficient (Wildman–Crippen LogP) is 4.79. The van der Waals surface area contributed by atoms with Crippen LogP contribution in [0.4, 0.5) is 5.69 Å². The van der Waals surface area contributed by atoms with Crippen molar-refractivity contribution in [2.24, 2.45) is 0 Å². The fourth-order valence-corrected chi connectivity index (χ4v) is 3.90. The molecule has 0 aliphatic carbocycles. The maximum Gasteiger partial charge on any atom is 0.258 e. The van der Waals surface area contributed by atoms with Gasteiger partial charge in [-0.1, -0.05) is 60.3 Å². The number of pyridine rings is 1. The quantitative estimate of drug-likeness (QED) is 0.536. The van der Waals surface area contributed by atoms with E-state index in [2.05, 4.69) is 5.32 Å². The maximum atomic E-state index is 12.6. The van der Waals surface area contributed by atoms with E-state index in [9.17, 15) is 9.59 Å². The van der Waals surface area contributed by atoms with E-state index in [1.165, 1.54) is 4.57 Å². The van der Waals surface area contributed by atoms with Crippen molar-refractivity contribution < 1.29 is 4.79 Å². The predicted molar refractivity (Wildman–Crippen MR) is 114 cm³/mol. The fraction of sp³-hybridized carbons (Fsp3) is 0.0435. The van der Waals surface area contributed by atoms with Gasteiger partial charge < -0.3 is 9.88 Å². The third-order valence-electron chi connectivity index (χ3n) is 4.33. The number of benzene rings is 3. The summed E-state index contributed by atoms with van der Waals surface area (Å²) in [6, 6.07) is 26.9. The van der Waals surface area contributed by atoms with Gasteiger partial charge in [-0.15, -0.1) is 0 Å². The van der Waals surface area contributed by atoms with Crippen molar-refractivity contribution in [1.82, 2.24) is 4.57 Å². The van der Waals surface area contributed by atoms with Crippen LogP contribution in [0.15, 0.2) is 106 Å². The van der Waals surface area contributed by atoms with E-state index in [4.69, 9.17) is 0 Å². The second kappa shape index (κ2) is 8.15. The van der Waals surface area contributed by atoms with Crippen molar-refractivity contribution in [1.29, 1.82) is 0 Å². The molecule has 3 aromatic carbocycles. The summed E-state index contributed by atoms with van der Waals surface area (Å²) >= 11 is 1.58. The number of rotatable bonds is 5. The number of amides is 1. The number of hydrogen-bond donors (Lipinski definition) is 1. The molecule has 1 amide bonds. The Hall–Kier alpha value is -3.31. The minimum Gasteiger partial charge on any atom is -0.324 e. The lowest BCUT2D eigenvalue weighted by Gasteiger charge is -2.12. The lowest BCUT2D eigenvalue weighted by molar-refractivity contribution is -0.116. The minimum absolute atomic E-state index is 0.0337. The molecule has 1 aromatic heterocycles. The summed E-state index contributed by atoms with van der Waals surface area (Å²) in [6.07, 6.45) is 1.66. The van der Waals surface area contributed by atoms with Crippen molar-refractivity contribution in [2.75, 3.05) is 5.32 Å². The minimum atomic E-state index is -0.238. The van der Waals surface area contributed by atoms with Gasteiger partial charge in [0.25, 0.3) is 5.56 Å². The highest BCUT2D eigenvalue weighted by Gasteiger charge is 2.10. The van der Waals surface area contributed by atoms with E-state index in [0.29, 0.717) is 5.39 Å². The van der Waals surface area contributed by atoms with Crippen molar-refractivity contribution in [3.8, 4) is 0 Å². The monoisotopic (exact) mass is 386 g/mol. The van der Waals surface area contributed by atoms with Crippen LogP contribution in [-0.4, -0.2) is 10.5 Å². The largest absolute Gasteiger partial charge is 0.324 e. The first-order valence-corrected chi connectivity index (χ1v) is 9.72. The van der Waals surface area contributed by atoms with Crippen LogP contribution in [0.1, 0.15) is 0 Å². The van der Waals surface area contributed by atoms with E-state index in [-0.39, 0.29) is 18.0 Å². The van der Waals surface area contributed by atoms with Crippen LogP contribution >= 0.6 is 11.8 Å². The van der Waals surface area contributed by atoms with E-state index >= 15 is 0 Å². The molecule has 0 saturated carbocycles. The van der Waals surface area contributed by atoms with Crippen LogP contribution in [0.5, 0.6) is 0 Å². The molecule has 4 rings (SSSR count). The zero-order chi connectivity index (χ0) is 19.3. The third-order valence-corrected chi connectivity index (χ3v) is 5.42. The van der Waals surface area contributed by atoms with Crippen LogP contribution in [-0.2, 0) is 11.3 Å². The molecule has 0 fully saturated rings. The third kappa shape index (κ3) is 4.00. The second-order valence-electron chi connectivity index (χ2n) is 6.30. The van der Waals surface area contributed by atoms with E-state index in [1.807, 2.05) is 78.9 Å². The summed E-state index contributed by atoms with van der Waals surface area (Å²) in [5.41, 5.74) is 0.565. The number of nitrogens with one attached hydrogen (secondary N) is 1. The number of anilines is 1. The summed E-state index contributed by atoms with van der Waals surface area (Å²) in [7, 11) is 0. The Morgan fingerprint density at radius 1 is 0.857 bits per heavy atom. The van der Waals surface area contributed by atoms with Gasteiger partial charge in [0.15, 0.2) is 0 Å². The van der Waals surface area contributed by atoms with Gasteiger partial charge in [0.2, 0.25) is 5.91 Å². The Morgan fingerprint density at radius 3 is 2.43 bits per heavy atom. The molecule has 4 nitrogen and oxygen atoms in total. The maximum absolute atomic E-state index is 12.6. The number of carbonyl (C=O) groups is 1. The van der Waals surface area contributed by atoms with Crippen LogP contribution in [0.25, 0.3) is 10.8 Å². The van der Waals surface area contributed by atoms with Gasteiger partial charge >= 0.3 is 0 Å². The number of aromatic nitrogens is 1. The van der Waals surface area contributed by atoms with E-state index in [1.54, 1.807) is 24.0 Å². The Bertz CT molecular complexity index is 1190. The zero-order valence-electron chi connectivity index (χ0n) is 15.0. The summed E-state index contributed by atoms with van der Waals surface area (Å²) in [5, 5.41) is 4.41. The summed E-state index contributed by atoms with van der Waals surface area (Å²) in [5.74, 6) is -0.238. The van der Waals surface area contributed by atoms with Crippen molar-refractivity contribution >= 4 is 34.1 Å². The lowest BCUT2D eigenvalue weighted by Crippen LogP contribution is -2.27. The first kappa shape index (κ1) is 18.1. The zero-order valence-corrected chi connectivity index (χ0v) is 15.9. The fourth-order valence-electron chi connectivity index (χ4n) is 2.97. The highest BCUT2D eigenvalue weighted by molar-refractivity contribution is 7.99. The first-order valence-electron chi connectivity index (χ1n) is 8.91. The normalized spacial score (nSPS) is 10.7. The average molecular weight is 386 g/mol. The van der Waals surface area contributed by atoms with Crippen molar-refractivity contribution in [2.45, 2.75) is 16.3 Å². The lowest BCUT2D eigenvalue weighted by atomic mass is 10.2. The summed E-state index contributed by atoms with van der Waals surface area (Å²) in [6.45, 7) is -0.0337. The molecule has 0 bridgehead atoms. The Morgan fingerprint density at radius 2 is 1.57 bits per heavy atom. The van der Waals surface area contributed by atoms with Crippen LogP contribution in [0.2, 0.25) is 0 Å². The van der Waals surface area contributed by atoms with Crippen molar-refractivity contribution in [3.63, 3.8) is 0 Å². The van der Waals surface area contributed by atoms with Gasteiger partial charge in [-0.2, -0.15) is 0 Å². The number of carbonyl (C=O) groups excluding carboxylic acids is 1. The molecule has 1 heterocycles. The molecule has 0 saturated heterocycles. The average Bonchev–Trinajstić information content (AvgIpc) is 2.72. The molecular weight excluding hydrogens is 368 g/mol. The topological polar surface area (TPSA) is 51.1 Å². The standard InChI is InChI=1S/C23H18N2O2S/c26-22(16-25-15-14-17-8-4-5-11-19(17)23(25)27)24-20-12-6-7-13-21(20)28-18-9-2-1-3-10-18/h1-15H,16H2,(H,24,26). The van der Waals surface area contributed by atoms with Crippen LogP contribution in [0.3, 0.4) is 0 Å². The number of nitrogens with zero attached hydrogens (tertiary/aromatic N) is 1. The summed E-state index contributed by atoms with van der Waals surface area (Å²) in [4.78, 5) is 27.2.